The average molecular weight is 384 g/mol. The molecule has 1 saturated heterocycles. The summed E-state index contributed by atoms with van der Waals surface area (Å²) in [6.07, 6.45) is 0.990. The minimum absolute atomic E-state index is 0.0777. The fraction of sp³-hybridized carbons (Fsp3) is 0.435. The first-order valence-electron chi connectivity index (χ1n) is 9.72. The molecule has 0 aliphatic carbocycles. The van der Waals surface area contributed by atoms with Crippen molar-refractivity contribution in [2.24, 2.45) is 0 Å². The molecule has 0 bridgehead atoms. The molecule has 1 unspecified atom stereocenters. The molecule has 144 valence electrons. The summed E-state index contributed by atoms with van der Waals surface area (Å²) < 4.78 is 5.73. The maximum atomic E-state index is 12.6. The molecule has 4 heteroatoms. The van der Waals surface area contributed by atoms with Gasteiger partial charge >= 0.3 is 0 Å². The summed E-state index contributed by atoms with van der Waals surface area (Å²) in [5.74, 6) is 2.30. The molecule has 3 rings (SSSR count). The first-order chi connectivity index (χ1) is 13.0. The van der Waals surface area contributed by atoms with Gasteiger partial charge in [-0.05, 0) is 48.1 Å². The molecule has 1 aliphatic rings. The zero-order chi connectivity index (χ0) is 19.2. The van der Waals surface area contributed by atoms with Gasteiger partial charge in [0.15, 0.2) is 6.61 Å². The Bertz CT molecular complexity index is 757. The highest BCUT2D eigenvalue weighted by atomic mass is 32.2. The van der Waals surface area contributed by atoms with Gasteiger partial charge in [0, 0.05) is 24.1 Å². The van der Waals surface area contributed by atoms with Crippen molar-refractivity contribution < 1.29 is 9.53 Å². The number of rotatable bonds is 5. The second-order valence-electron chi connectivity index (χ2n) is 7.40. The lowest BCUT2D eigenvalue weighted by atomic mass is 10.0. The van der Waals surface area contributed by atoms with Crippen LogP contribution in [0.4, 0.5) is 0 Å². The van der Waals surface area contributed by atoms with E-state index in [2.05, 4.69) is 57.2 Å². The summed E-state index contributed by atoms with van der Waals surface area (Å²) in [6, 6.07) is 16.6. The maximum absolute atomic E-state index is 12.6. The minimum atomic E-state index is 0.0777. The third-order valence-corrected chi connectivity index (χ3v) is 6.45. The molecule has 2 aromatic carbocycles. The zero-order valence-corrected chi connectivity index (χ0v) is 17.3. The van der Waals surface area contributed by atoms with Gasteiger partial charge in [0.05, 0.1) is 0 Å². The quantitative estimate of drug-likeness (QED) is 0.710. The van der Waals surface area contributed by atoms with E-state index in [-0.39, 0.29) is 12.5 Å². The number of nitrogens with zero attached hydrogens (tertiary/aromatic N) is 1. The number of thioether (sulfide) groups is 1. The number of hydrogen-bond donors (Lipinski definition) is 0. The summed E-state index contributed by atoms with van der Waals surface area (Å²) >= 11 is 1.96. The molecule has 1 amide bonds. The number of carbonyl (C=O) groups is 1. The van der Waals surface area contributed by atoms with Crippen molar-refractivity contribution in [2.75, 3.05) is 25.4 Å². The van der Waals surface area contributed by atoms with Gasteiger partial charge in [0.2, 0.25) is 0 Å². The van der Waals surface area contributed by atoms with Crippen molar-refractivity contribution in [2.45, 2.75) is 38.4 Å². The largest absolute Gasteiger partial charge is 0.484 e. The van der Waals surface area contributed by atoms with E-state index in [4.69, 9.17) is 4.74 Å². The average Bonchev–Trinajstić information content (AvgIpc) is 2.93. The number of benzene rings is 2. The van der Waals surface area contributed by atoms with E-state index in [0.717, 1.165) is 31.0 Å². The van der Waals surface area contributed by atoms with Crippen molar-refractivity contribution in [3.05, 3.63) is 65.2 Å². The predicted octanol–water partition coefficient (Wildman–Crippen LogP) is 5.20. The lowest BCUT2D eigenvalue weighted by molar-refractivity contribution is -0.133. The molecular formula is C23H29NO2S. The van der Waals surface area contributed by atoms with E-state index in [1.165, 1.54) is 16.7 Å². The normalized spacial score (nSPS) is 17.6. The second kappa shape index (κ2) is 9.32. The van der Waals surface area contributed by atoms with Gasteiger partial charge in [-0.1, -0.05) is 50.2 Å². The van der Waals surface area contributed by atoms with Crippen LogP contribution in [0.15, 0.2) is 48.5 Å². The van der Waals surface area contributed by atoms with Crippen LogP contribution in [-0.2, 0) is 4.79 Å². The van der Waals surface area contributed by atoms with E-state index in [1.807, 2.05) is 28.8 Å². The number of hydrogen-bond acceptors (Lipinski definition) is 3. The molecule has 1 heterocycles. The molecule has 1 fully saturated rings. The Hall–Kier alpha value is -1.94. The SMILES string of the molecule is Cc1ccccc1C1CCN(C(=O)COc2ccc(C(C)C)cc2)CCS1. The Morgan fingerprint density at radius 2 is 1.89 bits per heavy atom. The van der Waals surface area contributed by atoms with Gasteiger partial charge in [-0.15, -0.1) is 0 Å². The van der Waals surface area contributed by atoms with Crippen molar-refractivity contribution in [3.8, 4) is 5.75 Å². The van der Waals surface area contributed by atoms with Gasteiger partial charge in [-0.3, -0.25) is 4.79 Å². The molecule has 0 saturated carbocycles. The third kappa shape index (κ3) is 5.29. The summed E-state index contributed by atoms with van der Waals surface area (Å²) in [6.45, 7) is 8.20. The van der Waals surface area contributed by atoms with Crippen LogP contribution in [0.2, 0.25) is 0 Å². The van der Waals surface area contributed by atoms with Crippen LogP contribution in [0.1, 0.15) is 48.1 Å². The van der Waals surface area contributed by atoms with Crippen molar-refractivity contribution in [3.63, 3.8) is 0 Å². The van der Waals surface area contributed by atoms with Crippen LogP contribution in [0.5, 0.6) is 5.75 Å². The van der Waals surface area contributed by atoms with Crippen LogP contribution in [0.3, 0.4) is 0 Å². The van der Waals surface area contributed by atoms with E-state index < -0.39 is 0 Å². The highest BCUT2D eigenvalue weighted by Gasteiger charge is 2.23. The smallest absolute Gasteiger partial charge is 0.260 e. The Morgan fingerprint density at radius 3 is 2.59 bits per heavy atom. The molecular weight excluding hydrogens is 354 g/mol. The topological polar surface area (TPSA) is 29.5 Å². The Labute approximate surface area is 167 Å². The van der Waals surface area contributed by atoms with Crippen LogP contribution in [0.25, 0.3) is 0 Å². The molecule has 1 aliphatic heterocycles. The van der Waals surface area contributed by atoms with Crippen LogP contribution < -0.4 is 4.74 Å². The number of carbonyl (C=O) groups excluding carboxylic acids is 1. The van der Waals surface area contributed by atoms with Gasteiger partial charge in [0.25, 0.3) is 5.91 Å². The monoisotopic (exact) mass is 383 g/mol. The first-order valence-corrected chi connectivity index (χ1v) is 10.8. The lowest BCUT2D eigenvalue weighted by Gasteiger charge is -2.21. The van der Waals surface area contributed by atoms with E-state index in [9.17, 15) is 4.79 Å². The maximum Gasteiger partial charge on any atom is 0.260 e. The minimum Gasteiger partial charge on any atom is -0.484 e. The molecule has 0 N–H and O–H groups in total. The van der Waals surface area contributed by atoms with Crippen LogP contribution in [-0.4, -0.2) is 36.3 Å². The third-order valence-electron chi connectivity index (χ3n) is 5.14. The highest BCUT2D eigenvalue weighted by molar-refractivity contribution is 7.99. The number of amides is 1. The molecule has 27 heavy (non-hydrogen) atoms. The fourth-order valence-corrected chi connectivity index (χ4v) is 4.73. The molecule has 3 nitrogen and oxygen atoms in total. The van der Waals surface area contributed by atoms with E-state index in [0.29, 0.717) is 11.2 Å². The van der Waals surface area contributed by atoms with Gasteiger partial charge < -0.3 is 9.64 Å². The molecule has 1 atom stereocenters. The van der Waals surface area contributed by atoms with E-state index >= 15 is 0 Å². The summed E-state index contributed by atoms with van der Waals surface area (Å²) in [5, 5.41) is 0.466. The number of ether oxygens (including phenoxy) is 1. The fourth-order valence-electron chi connectivity index (χ4n) is 3.40. The van der Waals surface area contributed by atoms with Gasteiger partial charge in [-0.2, -0.15) is 11.8 Å². The Kier molecular flexibility index (Phi) is 6.84. The summed E-state index contributed by atoms with van der Waals surface area (Å²) in [7, 11) is 0. The zero-order valence-electron chi connectivity index (χ0n) is 16.5. The van der Waals surface area contributed by atoms with Gasteiger partial charge in [-0.25, -0.2) is 0 Å². The van der Waals surface area contributed by atoms with Crippen molar-refractivity contribution in [1.82, 2.24) is 4.90 Å². The standard InChI is InChI=1S/C23H29NO2S/c1-17(2)19-8-10-20(11-9-19)26-16-23(25)24-13-12-22(27-15-14-24)21-7-5-4-6-18(21)3/h4-11,17,22H,12-16H2,1-3H3. The molecule has 0 spiro atoms. The van der Waals surface area contributed by atoms with Gasteiger partial charge in [0.1, 0.15) is 5.75 Å². The molecule has 0 aromatic heterocycles. The highest BCUT2D eigenvalue weighted by Crippen LogP contribution is 2.35. The molecule has 2 aromatic rings. The second-order valence-corrected chi connectivity index (χ2v) is 8.71. The lowest BCUT2D eigenvalue weighted by Crippen LogP contribution is -2.36. The summed E-state index contributed by atoms with van der Waals surface area (Å²) in [4.78, 5) is 14.6. The van der Waals surface area contributed by atoms with Crippen molar-refractivity contribution >= 4 is 17.7 Å². The Balaban J connectivity index is 1.53. The van der Waals surface area contributed by atoms with Crippen LogP contribution in [0, 0.1) is 6.92 Å². The first kappa shape index (κ1) is 19.8. The van der Waals surface area contributed by atoms with Crippen LogP contribution >= 0.6 is 11.8 Å². The predicted molar refractivity (Wildman–Crippen MR) is 114 cm³/mol. The Morgan fingerprint density at radius 1 is 1.15 bits per heavy atom. The summed E-state index contributed by atoms with van der Waals surface area (Å²) in [5.41, 5.74) is 4.02. The van der Waals surface area contributed by atoms with E-state index in [1.54, 1.807) is 0 Å². The molecule has 0 radical (unpaired) electrons. The number of aryl methyl sites for hydroxylation is 1. The van der Waals surface area contributed by atoms with Crippen molar-refractivity contribution in [1.29, 1.82) is 0 Å².